The lowest BCUT2D eigenvalue weighted by Gasteiger charge is -2.16. The summed E-state index contributed by atoms with van der Waals surface area (Å²) in [6.45, 7) is 9.56. The van der Waals surface area contributed by atoms with Crippen molar-refractivity contribution < 1.29 is 19.1 Å². The average molecular weight is 649 g/mol. The van der Waals surface area contributed by atoms with Gasteiger partial charge in [0.05, 0.1) is 20.8 Å². The lowest BCUT2D eigenvalue weighted by atomic mass is 10.1. The van der Waals surface area contributed by atoms with E-state index in [2.05, 4.69) is 22.5 Å². The van der Waals surface area contributed by atoms with Crippen molar-refractivity contribution in [3.63, 3.8) is 0 Å². The Balaban J connectivity index is 0.000000259. The molecule has 4 aromatic rings. The second kappa shape index (κ2) is 20.6. The largest absolute Gasteiger partial charge is 0.493 e. The number of H-pyrrole nitrogens is 1. The maximum atomic E-state index is 12.0. The third-order valence-corrected chi connectivity index (χ3v) is 7.71. The van der Waals surface area contributed by atoms with Crippen molar-refractivity contribution in [3.05, 3.63) is 88.8 Å². The van der Waals surface area contributed by atoms with Crippen molar-refractivity contribution in [1.82, 2.24) is 9.88 Å². The first-order valence-electron chi connectivity index (χ1n) is 15.5. The Hall–Kier alpha value is -4.44. The molecule has 1 aliphatic heterocycles. The molecule has 0 atom stereocenters. The van der Waals surface area contributed by atoms with Crippen molar-refractivity contribution in [3.8, 4) is 11.5 Å². The number of fused-ring (bicyclic) bond motifs is 1. The van der Waals surface area contributed by atoms with Gasteiger partial charge in [-0.2, -0.15) is 0 Å². The molecule has 1 aromatic heterocycles. The van der Waals surface area contributed by atoms with E-state index in [-0.39, 0.29) is 23.9 Å². The fourth-order valence-corrected chi connectivity index (χ4v) is 5.05. The zero-order valence-corrected chi connectivity index (χ0v) is 28.9. The molecule has 5 rings (SSSR count). The smallest absolute Gasteiger partial charge is 0.255 e. The van der Waals surface area contributed by atoms with Gasteiger partial charge in [-0.15, -0.1) is 11.8 Å². The number of nitrogens with zero attached hydrogens (tertiary/aromatic N) is 1. The van der Waals surface area contributed by atoms with E-state index in [0.717, 1.165) is 66.2 Å². The number of benzene rings is 3. The van der Waals surface area contributed by atoms with Crippen LogP contribution in [0.4, 0.5) is 11.4 Å². The molecule has 248 valence electrons. The second-order valence-corrected chi connectivity index (χ2v) is 10.8. The van der Waals surface area contributed by atoms with Crippen molar-refractivity contribution in [2.24, 2.45) is 0 Å². The number of hydrogen-bond acceptors (Lipinski definition) is 7. The Morgan fingerprint density at radius 2 is 1.48 bits per heavy atom. The fourth-order valence-electron chi connectivity index (χ4n) is 4.64. The summed E-state index contributed by atoms with van der Waals surface area (Å²) in [5, 5.41) is 7.48. The zero-order chi connectivity index (χ0) is 33.9. The molecule has 1 aliphatic rings. The number of likely N-dealkylation sites (tertiary alicyclic amines) is 1. The van der Waals surface area contributed by atoms with Crippen molar-refractivity contribution in [2.75, 3.05) is 50.7 Å². The highest BCUT2D eigenvalue weighted by atomic mass is 32.2. The van der Waals surface area contributed by atoms with Crippen molar-refractivity contribution in [1.29, 1.82) is 0 Å². The third-order valence-electron chi connectivity index (χ3n) is 6.97. The van der Waals surface area contributed by atoms with Gasteiger partial charge in [0.15, 0.2) is 11.5 Å². The van der Waals surface area contributed by atoms with Gasteiger partial charge in [-0.05, 0) is 85.0 Å². The number of aryl methyl sites for hydroxylation is 1. The molecule has 1 fully saturated rings. The first kappa shape index (κ1) is 37.7. The molecule has 1 saturated heterocycles. The number of thioether (sulfide) groups is 1. The molecule has 0 aliphatic carbocycles. The summed E-state index contributed by atoms with van der Waals surface area (Å²) in [5.41, 5.74) is 2.68. The minimum absolute atomic E-state index is 0.0353. The van der Waals surface area contributed by atoms with E-state index in [9.17, 15) is 14.4 Å². The number of pyridine rings is 1. The Morgan fingerprint density at radius 3 is 2.00 bits per heavy atom. The highest BCUT2D eigenvalue weighted by Gasteiger charge is 2.17. The van der Waals surface area contributed by atoms with Gasteiger partial charge < -0.3 is 30.0 Å². The van der Waals surface area contributed by atoms with Gasteiger partial charge in [0.25, 0.3) is 5.56 Å². The Morgan fingerprint density at radius 1 is 0.891 bits per heavy atom. The van der Waals surface area contributed by atoms with Gasteiger partial charge in [-0.25, -0.2) is 0 Å². The van der Waals surface area contributed by atoms with Gasteiger partial charge in [-0.3, -0.25) is 14.4 Å². The van der Waals surface area contributed by atoms with Crippen LogP contribution in [0.5, 0.6) is 11.5 Å². The number of ether oxygens (including phenoxy) is 2. The quantitative estimate of drug-likeness (QED) is 0.173. The van der Waals surface area contributed by atoms with E-state index in [1.54, 1.807) is 32.2 Å². The van der Waals surface area contributed by atoms with Gasteiger partial charge in [-0.1, -0.05) is 39.0 Å². The standard InChI is InChI=1S/C17H21N3O2.C9H11NOS.C8H10O2.C2H6/c1-2-12-10-19-17(22)15-9-13(5-6-14(12)15)18-11-16(21)20-7-3-4-8-20;1-7(11)10-8-3-5-9(12-2)6-4-8;1-9-7-5-3-4-6-8(7)10-2;1-2/h5-6,9-10,18H,2-4,7-8,11H2,1H3,(H,19,22);3-6H,1-2H3,(H,10,11);3-6H,1-2H3;1-2H3. The van der Waals surface area contributed by atoms with Gasteiger partial charge in [0, 0.05) is 47.9 Å². The molecule has 10 heteroatoms. The number of aromatic nitrogens is 1. The molecule has 46 heavy (non-hydrogen) atoms. The molecule has 3 aromatic carbocycles. The average Bonchev–Trinajstić information content (AvgIpc) is 3.65. The monoisotopic (exact) mass is 648 g/mol. The molecule has 2 heterocycles. The molecule has 3 N–H and O–H groups in total. The highest BCUT2D eigenvalue weighted by molar-refractivity contribution is 7.98. The van der Waals surface area contributed by atoms with Crippen LogP contribution in [0.15, 0.2) is 82.6 Å². The second-order valence-electron chi connectivity index (χ2n) is 9.96. The third kappa shape index (κ3) is 11.8. The number of para-hydroxylation sites is 2. The lowest BCUT2D eigenvalue weighted by Crippen LogP contribution is -2.32. The van der Waals surface area contributed by atoms with Gasteiger partial charge in [0.2, 0.25) is 11.8 Å². The van der Waals surface area contributed by atoms with Crippen LogP contribution < -0.4 is 25.7 Å². The summed E-state index contributed by atoms with van der Waals surface area (Å²) in [5.74, 6) is 1.62. The Kier molecular flexibility index (Phi) is 16.9. The van der Waals surface area contributed by atoms with Crippen LogP contribution in [0, 0.1) is 0 Å². The molecule has 2 amide bonds. The summed E-state index contributed by atoms with van der Waals surface area (Å²) >= 11 is 1.68. The normalized spacial score (nSPS) is 11.5. The lowest BCUT2D eigenvalue weighted by molar-refractivity contribution is -0.128. The minimum Gasteiger partial charge on any atom is -0.493 e. The number of rotatable bonds is 8. The Bertz CT molecular complexity index is 1540. The van der Waals surface area contributed by atoms with Crippen LogP contribution in [0.2, 0.25) is 0 Å². The summed E-state index contributed by atoms with van der Waals surface area (Å²) in [6, 6.07) is 21.0. The van der Waals surface area contributed by atoms with Crippen LogP contribution in [0.25, 0.3) is 10.8 Å². The topological polar surface area (TPSA) is 113 Å². The van der Waals surface area contributed by atoms with Crippen LogP contribution in [-0.2, 0) is 16.0 Å². The minimum atomic E-state index is -0.0956. The highest BCUT2D eigenvalue weighted by Crippen LogP contribution is 2.24. The molecular formula is C36H48N4O5S. The van der Waals surface area contributed by atoms with Crippen molar-refractivity contribution >= 4 is 45.7 Å². The van der Waals surface area contributed by atoms with Gasteiger partial charge in [0.1, 0.15) is 0 Å². The van der Waals surface area contributed by atoms with E-state index in [4.69, 9.17) is 9.47 Å². The van der Waals surface area contributed by atoms with E-state index in [0.29, 0.717) is 5.39 Å². The van der Waals surface area contributed by atoms with Crippen LogP contribution in [0.1, 0.15) is 46.1 Å². The number of methoxy groups -OCH3 is 2. The first-order chi connectivity index (χ1) is 22.3. The summed E-state index contributed by atoms with van der Waals surface area (Å²) in [6.07, 6.45) is 6.85. The van der Waals surface area contributed by atoms with E-state index in [1.165, 1.54) is 11.8 Å². The molecular weight excluding hydrogens is 600 g/mol. The Labute approximate surface area is 277 Å². The fraction of sp³-hybridized carbons (Fsp3) is 0.361. The zero-order valence-electron chi connectivity index (χ0n) is 28.1. The number of anilines is 2. The van der Waals surface area contributed by atoms with E-state index in [1.807, 2.05) is 91.7 Å². The van der Waals surface area contributed by atoms with Crippen LogP contribution >= 0.6 is 11.8 Å². The number of carbonyl (C=O) groups excluding carboxylic acids is 2. The molecule has 0 spiro atoms. The summed E-state index contributed by atoms with van der Waals surface area (Å²) in [4.78, 5) is 40.5. The van der Waals surface area contributed by atoms with E-state index >= 15 is 0 Å². The molecule has 0 radical (unpaired) electrons. The van der Waals surface area contributed by atoms with Crippen molar-refractivity contribution in [2.45, 2.75) is 51.9 Å². The number of aromatic amines is 1. The maximum absolute atomic E-state index is 12.0. The number of carbonyl (C=O) groups is 2. The predicted molar refractivity (Wildman–Crippen MR) is 192 cm³/mol. The maximum Gasteiger partial charge on any atom is 0.255 e. The first-order valence-corrected chi connectivity index (χ1v) is 16.8. The molecule has 9 nitrogen and oxygen atoms in total. The summed E-state index contributed by atoms with van der Waals surface area (Å²) < 4.78 is 10.0. The molecule has 0 bridgehead atoms. The van der Waals surface area contributed by atoms with E-state index < -0.39 is 0 Å². The van der Waals surface area contributed by atoms with Crippen LogP contribution in [-0.4, -0.2) is 61.8 Å². The molecule has 0 unspecified atom stereocenters. The summed E-state index contributed by atoms with van der Waals surface area (Å²) in [7, 11) is 3.25. The molecule has 0 saturated carbocycles. The SMILES string of the molecule is CC.CCc1c[nH]c(=O)c2cc(NCC(=O)N3CCCC3)ccc12.COc1ccccc1OC.CSc1ccc(NC(C)=O)cc1. The number of amides is 2. The predicted octanol–water partition coefficient (Wildman–Crippen LogP) is 7.22. The number of hydrogen-bond donors (Lipinski definition) is 3. The van der Waals surface area contributed by atoms with Gasteiger partial charge >= 0.3 is 0 Å². The van der Waals surface area contributed by atoms with Crippen LogP contribution in [0.3, 0.4) is 0 Å². The number of nitrogens with one attached hydrogen (secondary N) is 3.